The van der Waals surface area contributed by atoms with Crippen LogP contribution in [0.25, 0.3) is 0 Å². The van der Waals surface area contributed by atoms with Gasteiger partial charge < -0.3 is 20.3 Å². The number of nitrogens with zero attached hydrogens (tertiary/aromatic N) is 3. The van der Waals surface area contributed by atoms with Gasteiger partial charge in [-0.25, -0.2) is 0 Å². The fourth-order valence-electron chi connectivity index (χ4n) is 3.63. The quantitative estimate of drug-likeness (QED) is 0.474. The summed E-state index contributed by atoms with van der Waals surface area (Å²) in [5.74, 6) is 1.41. The molecule has 0 aromatic heterocycles. The summed E-state index contributed by atoms with van der Waals surface area (Å²) in [7, 11) is 3.55. The van der Waals surface area contributed by atoms with Crippen LogP contribution >= 0.6 is 0 Å². The number of ether oxygens (including phenoxy) is 1. The number of carbonyl (C=O) groups excluding carboxylic acids is 1. The molecule has 1 fully saturated rings. The second kappa shape index (κ2) is 12.5. The molecule has 0 aliphatic carbocycles. The van der Waals surface area contributed by atoms with Crippen LogP contribution in [-0.2, 0) is 11.2 Å². The molecule has 1 aromatic rings. The zero-order chi connectivity index (χ0) is 21.9. The van der Waals surface area contributed by atoms with Gasteiger partial charge in [0, 0.05) is 51.9 Å². The highest BCUT2D eigenvalue weighted by molar-refractivity contribution is 5.94. The third kappa shape index (κ3) is 7.61. The summed E-state index contributed by atoms with van der Waals surface area (Å²) in [6.45, 7) is 12.5. The molecule has 2 rings (SSSR count). The molecule has 1 amide bonds. The Morgan fingerprint density at radius 1 is 1.23 bits per heavy atom. The number of benzene rings is 1. The predicted octanol–water partition coefficient (Wildman–Crippen LogP) is 1.84. The van der Waals surface area contributed by atoms with E-state index in [4.69, 9.17) is 9.73 Å². The van der Waals surface area contributed by atoms with Gasteiger partial charge in [-0.2, -0.15) is 0 Å². The van der Waals surface area contributed by atoms with E-state index in [0.717, 1.165) is 69.4 Å². The molecular weight excluding hydrogens is 378 g/mol. The van der Waals surface area contributed by atoms with Crippen LogP contribution < -0.4 is 10.6 Å². The average molecular weight is 418 g/mol. The molecule has 0 bridgehead atoms. The van der Waals surface area contributed by atoms with Crippen molar-refractivity contribution in [3.63, 3.8) is 0 Å². The number of amides is 1. The van der Waals surface area contributed by atoms with Crippen molar-refractivity contribution < 1.29 is 9.53 Å². The van der Waals surface area contributed by atoms with Gasteiger partial charge in [-0.1, -0.05) is 26.0 Å². The normalized spacial score (nSPS) is 16.4. The lowest BCUT2D eigenvalue weighted by atomic mass is 10.0. The van der Waals surface area contributed by atoms with E-state index in [2.05, 4.69) is 42.4 Å². The van der Waals surface area contributed by atoms with E-state index in [-0.39, 0.29) is 5.91 Å². The molecular formula is C23H39N5O2. The van der Waals surface area contributed by atoms with Crippen molar-refractivity contribution >= 4 is 11.9 Å². The summed E-state index contributed by atoms with van der Waals surface area (Å²) in [4.78, 5) is 21.1. The standard InChI is InChI=1S/C23H39N5O2/c1-6-24-23(26-17-21(18(2)3)28-12-14-30-15-13-28)25-11-10-19-8-7-9-20(16-19)22(29)27(4)5/h7-9,16,18,21H,6,10-15,17H2,1-5H3,(H2,24,25,26). The topological polar surface area (TPSA) is 69.2 Å². The van der Waals surface area contributed by atoms with Gasteiger partial charge in [0.1, 0.15) is 0 Å². The van der Waals surface area contributed by atoms with Crippen LogP contribution in [-0.4, -0.2) is 87.7 Å². The maximum absolute atomic E-state index is 12.2. The summed E-state index contributed by atoms with van der Waals surface area (Å²) in [6, 6.07) is 8.26. The SMILES string of the molecule is CCNC(=NCC(C(C)C)N1CCOCC1)NCCc1cccc(C(=O)N(C)C)c1. The molecule has 1 unspecified atom stereocenters. The number of rotatable bonds is 9. The third-order valence-electron chi connectivity index (χ3n) is 5.35. The molecule has 7 nitrogen and oxygen atoms in total. The van der Waals surface area contributed by atoms with Crippen LogP contribution in [0.15, 0.2) is 29.3 Å². The Balaban J connectivity index is 1.93. The Morgan fingerprint density at radius 3 is 2.60 bits per heavy atom. The molecule has 1 heterocycles. The van der Waals surface area contributed by atoms with Crippen molar-refractivity contribution in [1.29, 1.82) is 0 Å². The van der Waals surface area contributed by atoms with Gasteiger partial charge in [0.05, 0.1) is 19.8 Å². The lowest BCUT2D eigenvalue weighted by Crippen LogP contribution is -2.48. The minimum atomic E-state index is 0.0301. The number of hydrogen-bond donors (Lipinski definition) is 2. The summed E-state index contributed by atoms with van der Waals surface area (Å²) in [5.41, 5.74) is 1.86. The Morgan fingerprint density at radius 2 is 1.97 bits per heavy atom. The smallest absolute Gasteiger partial charge is 0.253 e. The predicted molar refractivity (Wildman–Crippen MR) is 123 cm³/mol. The number of carbonyl (C=O) groups is 1. The van der Waals surface area contributed by atoms with E-state index in [1.54, 1.807) is 19.0 Å². The molecule has 30 heavy (non-hydrogen) atoms. The first-order chi connectivity index (χ1) is 14.4. The van der Waals surface area contributed by atoms with E-state index in [1.807, 2.05) is 18.2 Å². The number of guanidine groups is 1. The van der Waals surface area contributed by atoms with E-state index < -0.39 is 0 Å². The molecule has 1 atom stereocenters. The number of hydrogen-bond acceptors (Lipinski definition) is 4. The summed E-state index contributed by atoms with van der Waals surface area (Å²) in [5, 5.41) is 6.78. The average Bonchev–Trinajstić information content (AvgIpc) is 2.74. The molecule has 1 aromatic carbocycles. The Hall–Kier alpha value is -2.12. The minimum absolute atomic E-state index is 0.0301. The fourth-order valence-corrected chi connectivity index (χ4v) is 3.63. The Bertz CT molecular complexity index is 684. The largest absolute Gasteiger partial charge is 0.379 e. The molecule has 168 valence electrons. The fraction of sp³-hybridized carbons (Fsp3) is 0.652. The molecule has 0 radical (unpaired) electrons. The Kier molecular flexibility index (Phi) is 10.1. The van der Waals surface area contributed by atoms with Gasteiger partial charge in [0.2, 0.25) is 0 Å². The zero-order valence-electron chi connectivity index (χ0n) is 19.3. The highest BCUT2D eigenvalue weighted by Gasteiger charge is 2.23. The van der Waals surface area contributed by atoms with Gasteiger partial charge >= 0.3 is 0 Å². The lowest BCUT2D eigenvalue weighted by Gasteiger charge is -2.36. The maximum atomic E-state index is 12.2. The molecule has 1 saturated heterocycles. The van der Waals surface area contributed by atoms with Crippen molar-refractivity contribution in [2.75, 3.05) is 60.0 Å². The van der Waals surface area contributed by atoms with Gasteiger partial charge in [-0.15, -0.1) is 0 Å². The second-order valence-corrected chi connectivity index (χ2v) is 8.26. The highest BCUT2D eigenvalue weighted by Crippen LogP contribution is 2.13. The van der Waals surface area contributed by atoms with Crippen LogP contribution in [0.2, 0.25) is 0 Å². The second-order valence-electron chi connectivity index (χ2n) is 8.26. The van der Waals surface area contributed by atoms with E-state index in [9.17, 15) is 4.79 Å². The first-order valence-corrected chi connectivity index (χ1v) is 11.1. The summed E-state index contributed by atoms with van der Waals surface area (Å²) >= 11 is 0. The van der Waals surface area contributed by atoms with E-state index in [1.165, 1.54) is 0 Å². The van der Waals surface area contributed by atoms with Crippen molar-refractivity contribution in [2.24, 2.45) is 10.9 Å². The monoisotopic (exact) mass is 417 g/mol. The zero-order valence-corrected chi connectivity index (χ0v) is 19.3. The lowest BCUT2D eigenvalue weighted by molar-refractivity contribution is 0.00867. The number of morpholine rings is 1. The number of nitrogens with one attached hydrogen (secondary N) is 2. The number of aliphatic imine (C=N–C) groups is 1. The molecule has 1 aliphatic heterocycles. The van der Waals surface area contributed by atoms with Crippen molar-refractivity contribution in [1.82, 2.24) is 20.4 Å². The van der Waals surface area contributed by atoms with Crippen molar-refractivity contribution in [3.8, 4) is 0 Å². The summed E-state index contributed by atoms with van der Waals surface area (Å²) < 4.78 is 5.50. The van der Waals surface area contributed by atoms with Gasteiger partial charge in [0.25, 0.3) is 5.91 Å². The van der Waals surface area contributed by atoms with Crippen molar-refractivity contribution in [2.45, 2.75) is 33.2 Å². The maximum Gasteiger partial charge on any atom is 0.253 e. The van der Waals surface area contributed by atoms with Crippen LogP contribution in [0.1, 0.15) is 36.7 Å². The minimum Gasteiger partial charge on any atom is -0.379 e. The van der Waals surface area contributed by atoms with Gasteiger partial charge in [-0.05, 0) is 37.0 Å². The first-order valence-electron chi connectivity index (χ1n) is 11.1. The Labute approximate surface area is 181 Å². The third-order valence-corrected chi connectivity index (χ3v) is 5.35. The molecule has 2 N–H and O–H groups in total. The van der Waals surface area contributed by atoms with Gasteiger partial charge in [-0.3, -0.25) is 14.7 Å². The van der Waals surface area contributed by atoms with Crippen LogP contribution in [0.5, 0.6) is 0 Å². The van der Waals surface area contributed by atoms with Crippen molar-refractivity contribution in [3.05, 3.63) is 35.4 Å². The van der Waals surface area contributed by atoms with E-state index in [0.29, 0.717) is 12.0 Å². The van der Waals surface area contributed by atoms with Crippen LogP contribution in [0, 0.1) is 5.92 Å². The molecule has 0 saturated carbocycles. The highest BCUT2D eigenvalue weighted by atomic mass is 16.5. The van der Waals surface area contributed by atoms with Gasteiger partial charge in [0.15, 0.2) is 5.96 Å². The summed E-state index contributed by atoms with van der Waals surface area (Å²) in [6.07, 6.45) is 0.829. The molecule has 1 aliphatic rings. The van der Waals surface area contributed by atoms with Crippen LogP contribution in [0.3, 0.4) is 0 Å². The first kappa shape index (κ1) is 24.2. The van der Waals surface area contributed by atoms with Crippen LogP contribution in [0.4, 0.5) is 0 Å². The molecule has 7 heteroatoms. The van der Waals surface area contributed by atoms with E-state index >= 15 is 0 Å². The molecule has 0 spiro atoms.